The van der Waals surface area contributed by atoms with E-state index in [0.29, 0.717) is 17.0 Å². The lowest BCUT2D eigenvalue weighted by atomic mass is 9.61. The van der Waals surface area contributed by atoms with Crippen LogP contribution in [-0.4, -0.2) is 36.9 Å². The zero-order valence-electron chi connectivity index (χ0n) is 23.6. The molecule has 1 heterocycles. The van der Waals surface area contributed by atoms with Gasteiger partial charge in [0.2, 0.25) is 17.7 Å². The Morgan fingerprint density at radius 2 is 1.71 bits per heavy atom. The molecule has 4 atom stereocenters. The summed E-state index contributed by atoms with van der Waals surface area (Å²) in [6.45, 7) is 5.99. The first kappa shape index (κ1) is 31.3. The van der Waals surface area contributed by atoms with Crippen LogP contribution >= 0.6 is 23.2 Å². The highest BCUT2D eigenvalue weighted by atomic mass is 35.5. The van der Waals surface area contributed by atoms with E-state index in [9.17, 15) is 14.4 Å². The second kappa shape index (κ2) is 11.9. The number of benzene rings is 3. The number of methoxy groups -OCH3 is 1. The number of hydrogen-bond donors (Lipinski definition) is 4. The zero-order chi connectivity index (χ0) is 31.0. The van der Waals surface area contributed by atoms with Gasteiger partial charge in [0.15, 0.2) is 0 Å². The molecule has 4 rings (SSSR count). The number of primary amides is 2. The third-order valence-corrected chi connectivity index (χ3v) is 8.19. The number of carbonyl (C=O) groups excluding carboxylic acids is 3. The molecule has 0 saturated carbocycles. The van der Waals surface area contributed by atoms with Gasteiger partial charge >= 0.3 is 0 Å². The number of rotatable bonds is 8. The summed E-state index contributed by atoms with van der Waals surface area (Å²) in [6, 6.07) is 13.5. The maximum absolute atomic E-state index is 15.9. The summed E-state index contributed by atoms with van der Waals surface area (Å²) in [4.78, 5) is 39.6. The van der Waals surface area contributed by atoms with Gasteiger partial charge in [0.05, 0.1) is 29.3 Å². The van der Waals surface area contributed by atoms with Gasteiger partial charge in [0.25, 0.3) is 0 Å². The van der Waals surface area contributed by atoms with Crippen molar-refractivity contribution in [2.24, 2.45) is 16.9 Å². The van der Waals surface area contributed by atoms with Crippen molar-refractivity contribution < 1.29 is 23.5 Å². The molecule has 222 valence electrons. The molecule has 1 aliphatic rings. The standard InChI is InChI=1S/C31H33Cl2FN4O4/c1-30(2,3)15-23-31(29(36)41,17-9-11-18(32)12-10-17)24(19-6-5-7-20(33)25(19)34)26(38-23)28(40)37-21-13-8-16(27(35)39)14-22(21)42-4/h5-14,23-24,26,38H,15H2,1-4H3,(H2,35,39)(H2,36,41)(H,37,40)/t23-,24-,26+,31+/m0/s1. The summed E-state index contributed by atoms with van der Waals surface area (Å²) in [6.07, 6.45) is 0.400. The van der Waals surface area contributed by atoms with Gasteiger partial charge in [0, 0.05) is 22.5 Å². The third-order valence-electron chi connectivity index (χ3n) is 7.64. The van der Waals surface area contributed by atoms with Crippen molar-refractivity contribution >= 4 is 46.6 Å². The van der Waals surface area contributed by atoms with Crippen molar-refractivity contribution in [3.63, 3.8) is 0 Å². The highest BCUT2D eigenvalue weighted by molar-refractivity contribution is 6.31. The molecule has 8 nitrogen and oxygen atoms in total. The van der Waals surface area contributed by atoms with Gasteiger partial charge in [-0.1, -0.05) is 68.2 Å². The summed E-state index contributed by atoms with van der Waals surface area (Å²) < 4.78 is 21.3. The third kappa shape index (κ3) is 5.82. The van der Waals surface area contributed by atoms with Crippen LogP contribution in [0.4, 0.5) is 10.1 Å². The Morgan fingerprint density at radius 3 is 2.29 bits per heavy atom. The van der Waals surface area contributed by atoms with Crippen LogP contribution in [0.5, 0.6) is 5.75 Å². The van der Waals surface area contributed by atoms with Crippen molar-refractivity contribution in [3.05, 3.63) is 93.2 Å². The second-order valence-corrected chi connectivity index (χ2v) is 12.4. The molecular formula is C31H33Cl2FN4O4. The van der Waals surface area contributed by atoms with Crippen LogP contribution in [0.1, 0.15) is 54.6 Å². The molecule has 0 bridgehead atoms. The summed E-state index contributed by atoms with van der Waals surface area (Å²) in [5.41, 5.74) is 10.7. The van der Waals surface area contributed by atoms with Gasteiger partial charge in [-0.25, -0.2) is 4.39 Å². The van der Waals surface area contributed by atoms with Crippen molar-refractivity contribution in [3.8, 4) is 5.75 Å². The highest BCUT2D eigenvalue weighted by Gasteiger charge is 2.63. The van der Waals surface area contributed by atoms with Crippen LogP contribution in [-0.2, 0) is 15.0 Å². The van der Waals surface area contributed by atoms with Crippen LogP contribution in [0.2, 0.25) is 10.0 Å². The number of nitrogens with one attached hydrogen (secondary N) is 2. The van der Waals surface area contributed by atoms with Crippen LogP contribution in [0.25, 0.3) is 0 Å². The molecule has 1 saturated heterocycles. The van der Waals surface area contributed by atoms with Crippen molar-refractivity contribution in [2.75, 3.05) is 12.4 Å². The molecule has 0 radical (unpaired) electrons. The van der Waals surface area contributed by atoms with Gasteiger partial charge in [-0.3, -0.25) is 14.4 Å². The van der Waals surface area contributed by atoms with Gasteiger partial charge in [-0.05, 0) is 59.4 Å². The summed E-state index contributed by atoms with van der Waals surface area (Å²) in [5.74, 6) is -3.69. The molecule has 1 fully saturated rings. The maximum atomic E-state index is 15.9. The van der Waals surface area contributed by atoms with Crippen LogP contribution in [0.15, 0.2) is 60.7 Å². The van der Waals surface area contributed by atoms with Crippen LogP contribution in [0.3, 0.4) is 0 Å². The van der Waals surface area contributed by atoms with Crippen molar-refractivity contribution in [2.45, 2.75) is 50.6 Å². The van der Waals surface area contributed by atoms with Crippen LogP contribution < -0.4 is 26.8 Å². The summed E-state index contributed by atoms with van der Waals surface area (Å²) in [7, 11) is 1.38. The molecule has 0 aromatic heterocycles. The van der Waals surface area contributed by atoms with Crippen molar-refractivity contribution in [1.29, 1.82) is 0 Å². The Kier molecular flexibility index (Phi) is 8.87. The molecule has 3 amide bonds. The largest absolute Gasteiger partial charge is 0.495 e. The topological polar surface area (TPSA) is 137 Å². The summed E-state index contributed by atoms with van der Waals surface area (Å²) >= 11 is 12.4. The molecule has 0 spiro atoms. The molecule has 0 unspecified atom stereocenters. The maximum Gasteiger partial charge on any atom is 0.248 e. The van der Waals surface area contributed by atoms with E-state index in [1.54, 1.807) is 30.3 Å². The molecule has 3 aromatic rings. The molecule has 6 N–H and O–H groups in total. The molecule has 11 heteroatoms. The van der Waals surface area contributed by atoms with Gasteiger partial charge in [-0.15, -0.1) is 0 Å². The monoisotopic (exact) mass is 614 g/mol. The first-order chi connectivity index (χ1) is 19.7. The van der Waals surface area contributed by atoms with Gasteiger partial charge < -0.3 is 26.8 Å². The average molecular weight is 616 g/mol. The number of halogens is 3. The number of carbonyl (C=O) groups is 3. The lowest BCUT2D eigenvalue weighted by molar-refractivity contribution is -0.125. The Morgan fingerprint density at radius 1 is 1.05 bits per heavy atom. The smallest absolute Gasteiger partial charge is 0.248 e. The minimum atomic E-state index is -1.59. The zero-order valence-corrected chi connectivity index (χ0v) is 25.1. The fourth-order valence-electron chi connectivity index (χ4n) is 5.90. The predicted octanol–water partition coefficient (Wildman–Crippen LogP) is 5.16. The van der Waals surface area contributed by atoms with E-state index in [0.717, 1.165) is 0 Å². The van der Waals surface area contributed by atoms with E-state index in [1.165, 1.54) is 37.4 Å². The minimum absolute atomic E-state index is 0.0522. The van der Waals surface area contributed by atoms with E-state index >= 15 is 4.39 Å². The highest BCUT2D eigenvalue weighted by Crippen LogP contribution is 2.52. The van der Waals surface area contributed by atoms with Crippen molar-refractivity contribution in [1.82, 2.24) is 5.32 Å². The molecule has 1 aliphatic heterocycles. The Hall–Kier alpha value is -3.66. The number of hydrogen-bond acceptors (Lipinski definition) is 5. The number of amides is 3. The van der Waals surface area contributed by atoms with E-state index in [1.807, 2.05) is 20.8 Å². The van der Waals surface area contributed by atoms with E-state index < -0.39 is 47.0 Å². The molecule has 0 aliphatic carbocycles. The fourth-order valence-corrected chi connectivity index (χ4v) is 6.21. The molecule has 3 aromatic carbocycles. The van der Waals surface area contributed by atoms with Crippen LogP contribution in [0, 0.1) is 11.2 Å². The van der Waals surface area contributed by atoms with Gasteiger partial charge in [-0.2, -0.15) is 0 Å². The second-order valence-electron chi connectivity index (χ2n) is 11.6. The SMILES string of the molecule is COc1cc(C(N)=O)ccc1NC(=O)[C@@H]1N[C@@H](CC(C)(C)C)[C@](C(N)=O)(c2ccc(Cl)cc2)[C@H]1c1cccc(Cl)c1F. The fraction of sp³-hybridized carbons (Fsp3) is 0.323. The number of nitrogens with two attached hydrogens (primary N) is 2. The summed E-state index contributed by atoms with van der Waals surface area (Å²) in [5, 5.41) is 6.43. The normalized spacial score (nSPS) is 22.0. The lowest BCUT2D eigenvalue weighted by Gasteiger charge is -2.40. The average Bonchev–Trinajstić information content (AvgIpc) is 3.24. The lowest BCUT2D eigenvalue weighted by Crippen LogP contribution is -2.54. The van der Waals surface area contributed by atoms with E-state index in [-0.39, 0.29) is 33.0 Å². The Balaban J connectivity index is 1.95. The van der Waals surface area contributed by atoms with E-state index in [2.05, 4.69) is 10.6 Å². The first-order valence-electron chi connectivity index (χ1n) is 13.2. The quantitative estimate of drug-likeness (QED) is 0.278. The first-order valence-corrected chi connectivity index (χ1v) is 14.0. The molecule has 42 heavy (non-hydrogen) atoms. The predicted molar refractivity (Wildman–Crippen MR) is 161 cm³/mol. The van der Waals surface area contributed by atoms with Gasteiger partial charge in [0.1, 0.15) is 11.6 Å². The number of ether oxygens (including phenoxy) is 1. The Bertz CT molecular complexity index is 1530. The number of anilines is 1. The Labute approximate surface area is 253 Å². The minimum Gasteiger partial charge on any atom is -0.495 e. The molecular weight excluding hydrogens is 582 g/mol. The van der Waals surface area contributed by atoms with E-state index in [4.69, 9.17) is 39.4 Å².